The highest BCUT2D eigenvalue weighted by Crippen LogP contribution is 2.31. The molecule has 0 bridgehead atoms. The molecule has 0 aromatic heterocycles. The summed E-state index contributed by atoms with van der Waals surface area (Å²) in [5.41, 5.74) is 2.03. The van der Waals surface area contributed by atoms with Crippen molar-refractivity contribution in [2.45, 2.75) is 12.6 Å². The van der Waals surface area contributed by atoms with Gasteiger partial charge in [0.15, 0.2) is 0 Å². The summed E-state index contributed by atoms with van der Waals surface area (Å²) in [5.74, 6) is 5.43. The van der Waals surface area contributed by atoms with Crippen LogP contribution in [-0.4, -0.2) is 18.1 Å². The molecule has 1 atom stereocenters. The maximum absolute atomic E-state index is 11.4. The van der Waals surface area contributed by atoms with Gasteiger partial charge in [0.05, 0.1) is 7.11 Å². The summed E-state index contributed by atoms with van der Waals surface area (Å²) < 4.78 is 4.70. The highest BCUT2D eigenvalue weighted by atomic mass is 35.5. The lowest BCUT2D eigenvalue weighted by Crippen LogP contribution is -2.34. The fraction of sp³-hybridized carbons (Fsp3) is 0.300. The number of halogens is 1. The molecular formula is C10H13ClN2O2. The number of fused-ring (bicyclic) bond motifs is 1. The Labute approximate surface area is 94.4 Å². The predicted molar refractivity (Wildman–Crippen MR) is 58.2 cm³/mol. The number of methoxy groups -OCH3 is 1. The van der Waals surface area contributed by atoms with Crippen LogP contribution < -0.4 is 5.84 Å². The monoisotopic (exact) mass is 228 g/mol. The lowest BCUT2D eigenvalue weighted by atomic mass is 10.1. The summed E-state index contributed by atoms with van der Waals surface area (Å²) in [5, 5.41) is 1.50. The summed E-state index contributed by atoms with van der Waals surface area (Å²) in [6, 6.07) is 7.26. The first-order valence-corrected chi connectivity index (χ1v) is 4.41. The van der Waals surface area contributed by atoms with Gasteiger partial charge in [-0.05, 0) is 11.1 Å². The average Bonchev–Trinajstić information content (AvgIpc) is 2.53. The first kappa shape index (κ1) is 12.0. The lowest BCUT2D eigenvalue weighted by molar-refractivity contribution is -0.147. The second-order valence-corrected chi connectivity index (χ2v) is 3.30. The molecule has 2 N–H and O–H groups in total. The van der Waals surface area contributed by atoms with E-state index in [4.69, 9.17) is 10.6 Å². The molecule has 1 aromatic carbocycles. The molecule has 5 heteroatoms. The van der Waals surface area contributed by atoms with Crippen LogP contribution in [0.5, 0.6) is 0 Å². The number of benzene rings is 1. The van der Waals surface area contributed by atoms with Crippen LogP contribution in [0.25, 0.3) is 0 Å². The van der Waals surface area contributed by atoms with Crippen LogP contribution in [0.15, 0.2) is 24.3 Å². The first-order valence-electron chi connectivity index (χ1n) is 4.41. The molecule has 1 aliphatic rings. The van der Waals surface area contributed by atoms with E-state index >= 15 is 0 Å². The molecule has 0 saturated heterocycles. The zero-order chi connectivity index (χ0) is 10.1. The van der Waals surface area contributed by atoms with Crippen molar-refractivity contribution in [3.63, 3.8) is 0 Å². The van der Waals surface area contributed by atoms with E-state index < -0.39 is 6.04 Å². The Morgan fingerprint density at radius 1 is 1.53 bits per heavy atom. The number of nitrogens with zero attached hydrogens (tertiary/aromatic N) is 1. The maximum atomic E-state index is 11.4. The summed E-state index contributed by atoms with van der Waals surface area (Å²) in [4.78, 5) is 11.4. The Hall–Kier alpha value is -1.10. The molecule has 1 aromatic rings. The normalized spacial score (nSPS) is 19.2. The van der Waals surface area contributed by atoms with Gasteiger partial charge >= 0.3 is 5.97 Å². The predicted octanol–water partition coefficient (Wildman–Crippen LogP) is 1.01. The van der Waals surface area contributed by atoms with Crippen LogP contribution in [0.1, 0.15) is 17.2 Å². The minimum Gasteiger partial charge on any atom is -0.468 e. The quantitative estimate of drug-likeness (QED) is 0.576. The van der Waals surface area contributed by atoms with Gasteiger partial charge in [0.25, 0.3) is 0 Å². The summed E-state index contributed by atoms with van der Waals surface area (Å²) >= 11 is 0. The standard InChI is InChI=1S/C10H12N2O2.ClH/c1-14-10(13)9-8-5-3-2-4-7(8)6-12(9)11;/h2-5,9H,6,11H2,1H3;1H. The third kappa shape index (κ3) is 1.97. The number of nitrogens with two attached hydrogens (primary N) is 1. The number of hydrogen-bond acceptors (Lipinski definition) is 4. The molecule has 4 nitrogen and oxygen atoms in total. The van der Waals surface area contributed by atoms with E-state index in [0.29, 0.717) is 6.54 Å². The van der Waals surface area contributed by atoms with Crippen LogP contribution in [0.2, 0.25) is 0 Å². The fourth-order valence-electron chi connectivity index (χ4n) is 1.79. The number of carbonyl (C=O) groups is 1. The smallest absolute Gasteiger partial charge is 0.329 e. The van der Waals surface area contributed by atoms with Gasteiger partial charge in [-0.25, -0.2) is 9.80 Å². The lowest BCUT2D eigenvalue weighted by Gasteiger charge is -2.16. The molecule has 1 unspecified atom stereocenters. The van der Waals surface area contributed by atoms with Crippen molar-refractivity contribution in [3.8, 4) is 0 Å². The molecule has 15 heavy (non-hydrogen) atoms. The number of esters is 1. The van der Waals surface area contributed by atoms with Crippen molar-refractivity contribution < 1.29 is 9.53 Å². The Morgan fingerprint density at radius 3 is 2.87 bits per heavy atom. The van der Waals surface area contributed by atoms with Gasteiger partial charge in [-0.3, -0.25) is 5.84 Å². The third-order valence-corrected chi connectivity index (χ3v) is 2.46. The zero-order valence-corrected chi connectivity index (χ0v) is 9.16. The van der Waals surface area contributed by atoms with Crippen molar-refractivity contribution in [2.24, 2.45) is 5.84 Å². The number of hydrazine groups is 1. The van der Waals surface area contributed by atoms with Crippen LogP contribution >= 0.6 is 12.4 Å². The Balaban J connectivity index is 0.00000112. The molecule has 0 saturated carbocycles. The van der Waals surface area contributed by atoms with Crippen molar-refractivity contribution in [1.29, 1.82) is 0 Å². The molecule has 1 aliphatic heterocycles. The average molecular weight is 229 g/mol. The second-order valence-electron chi connectivity index (χ2n) is 3.30. The summed E-state index contributed by atoms with van der Waals surface area (Å²) in [7, 11) is 1.37. The van der Waals surface area contributed by atoms with E-state index in [1.165, 1.54) is 12.1 Å². The minimum atomic E-state index is -0.448. The number of rotatable bonds is 1. The van der Waals surface area contributed by atoms with Crippen LogP contribution in [-0.2, 0) is 16.1 Å². The summed E-state index contributed by atoms with van der Waals surface area (Å²) in [6.45, 7) is 0.593. The molecule has 0 radical (unpaired) electrons. The Bertz CT molecular complexity index is 370. The third-order valence-electron chi connectivity index (χ3n) is 2.46. The second kappa shape index (κ2) is 4.61. The van der Waals surface area contributed by atoms with Gasteiger partial charge in [0, 0.05) is 6.54 Å². The van der Waals surface area contributed by atoms with Gasteiger partial charge in [0.2, 0.25) is 0 Å². The van der Waals surface area contributed by atoms with E-state index in [9.17, 15) is 4.79 Å². The maximum Gasteiger partial charge on any atom is 0.329 e. The molecule has 1 heterocycles. The Kier molecular flexibility index (Phi) is 3.68. The topological polar surface area (TPSA) is 55.6 Å². The molecular weight excluding hydrogens is 216 g/mol. The van der Waals surface area contributed by atoms with Crippen molar-refractivity contribution in [3.05, 3.63) is 35.4 Å². The summed E-state index contributed by atoms with van der Waals surface area (Å²) in [6.07, 6.45) is 0. The number of carbonyl (C=O) groups excluding carboxylic acids is 1. The van der Waals surface area contributed by atoms with Gasteiger partial charge in [-0.2, -0.15) is 0 Å². The molecule has 0 spiro atoms. The van der Waals surface area contributed by atoms with Crippen LogP contribution in [0, 0.1) is 0 Å². The molecule has 82 valence electrons. The van der Waals surface area contributed by atoms with Gasteiger partial charge in [0.1, 0.15) is 6.04 Å². The number of hydrogen-bond donors (Lipinski definition) is 1. The highest BCUT2D eigenvalue weighted by molar-refractivity contribution is 5.85. The SMILES string of the molecule is COC(=O)C1c2ccccc2CN1N.Cl. The highest BCUT2D eigenvalue weighted by Gasteiger charge is 2.34. The molecule has 0 amide bonds. The van der Waals surface area contributed by atoms with Crippen LogP contribution in [0.3, 0.4) is 0 Å². The van der Waals surface area contributed by atoms with Crippen molar-refractivity contribution in [1.82, 2.24) is 5.01 Å². The van der Waals surface area contributed by atoms with Crippen molar-refractivity contribution in [2.75, 3.05) is 7.11 Å². The van der Waals surface area contributed by atoms with E-state index in [1.807, 2.05) is 24.3 Å². The molecule has 0 aliphatic carbocycles. The van der Waals surface area contributed by atoms with E-state index in [2.05, 4.69) is 0 Å². The molecule has 0 fully saturated rings. The first-order chi connectivity index (χ1) is 6.74. The van der Waals surface area contributed by atoms with Gasteiger partial charge in [-0.1, -0.05) is 24.3 Å². The number of ether oxygens (including phenoxy) is 1. The van der Waals surface area contributed by atoms with Gasteiger partial charge < -0.3 is 4.74 Å². The van der Waals surface area contributed by atoms with Gasteiger partial charge in [-0.15, -0.1) is 12.4 Å². The minimum absolute atomic E-state index is 0. The zero-order valence-electron chi connectivity index (χ0n) is 8.34. The van der Waals surface area contributed by atoms with E-state index in [1.54, 1.807) is 0 Å². The largest absolute Gasteiger partial charge is 0.468 e. The Morgan fingerprint density at radius 2 is 2.20 bits per heavy atom. The molecule has 2 rings (SSSR count). The van der Waals surface area contributed by atoms with Crippen LogP contribution in [0.4, 0.5) is 0 Å². The van der Waals surface area contributed by atoms with E-state index in [0.717, 1.165) is 11.1 Å². The van der Waals surface area contributed by atoms with E-state index in [-0.39, 0.29) is 18.4 Å². The fourth-order valence-corrected chi connectivity index (χ4v) is 1.79. The van der Waals surface area contributed by atoms with Crippen molar-refractivity contribution >= 4 is 18.4 Å².